The van der Waals surface area contributed by atoms with E-state index >= 15 is 0 Å². The summed E-state index contributed by atoms with van der Waals surface area (Å²) in [7, 11) is 0. The Labute approximate surface area is 84.6 Å². The molecule has 0 heterocycles. The number of carbonyl (C=O) groups is 1. The van der Waals surface area contributed by atoms with Crippen LogP contribution in [0, 0.1) is 6.92 Å². The Balaban J connectivity index is 3.07. The molecular weight excluding hydrogens is 176 g/mol. The van der Waals surface area contributed by atoms with Crippen molar-refractivity contribution in [1.29, 1.82) is 0 Å². The number of aryl methyl sites for hydroxylation is 1. The van der Waals surface area contributed by atoms with Crippen molar-refractivity contribution < 1.29 is 9.90 Å². The van der Waals surface area contributed by atoms with Gasteiger partial charge in [-0.3, -0.25) is 4.79 Å². The lowest BCUT2D eigenvalue weighted by Crippen LogP contribution is -2.04. The highest BCUT2D eigenvalue weighted by molar-refractivity contribution is 5.97. The van der Waals surface area contributed by atoms with Crippen LogP contribution in [0.25, 0.3) is 0 Å². The molecular formula is C12H16O2. The number of hydrogen-bond donors (Lipinski definition) is 1. The number of ketones is 1. The van der Waals surface area contributed by atoms with E-state index in [0.717, 1.165) is 16.7 Å². The van der Waals surface area contributed by atoms with E-state index in [-0.39, 0.29) is 12.4 Å². The largest absolute Gasteiger partial charge is 0.396 e. The average Bonchev–Trinajstić information content (AvgIpc) is 2.17. The Morgan fingerprint density at radius 3 is 2.71 bits per heavy atom. The van der Waals surface area contributed by atoms with Gasteiger partial charge in [-0.25, -0.2) is 0 Å². The lowest BCUT2D eigenvalue weighted by Gasteiger charge is -2.07. The van der Waals surface area contributed by atoms with E-state index in [2.05, 4.69) is 0 Å². The van der Waals surface area contributed by atoms with Crippen molar-refractivity contribution in [3.8, 4) is 0 Å². The van der Waals surface area contributed by atoms with Crippen molar-refractivity contribution in [1.82, 2.24) is 0 Å². The number of benzene rings is 1. The molecule has 0 atom stereocenters. The Hall–Kier alpha value is -1.15. The lowest BCUT2D eigenvalue weighted by atomic mass is 9.98. The standard InChI is InChI=1S/C12H16O2/c1-3-12(14)11-5-4-9(2)8-10(11)6-7-13/h4-5,8,13H,3,6-7H2,1-2H3. The van der Waals surface area contributed by atoms with Gasteiger partial charge in [0.15, 0.2) is 5.78 Å². The van der Waals surface area contributed by atoms with Gasteiger partial charge in [0.05, 0.1) is 0 Å². The zero-order valence-corrected chi connectivity index (χ0v) is 8.71. The van der Waals surface area contributed by atoms with Crippen LogP contribution in [0.15, 0.2) is 18.2 Å². The third-order valence-electron chi connectivity index (χ3n) is 2.26. The summed E-state index contributed by atoms with van der Waals surface area (Å²) in [6, 6.07) is 5.76. The molecule has 0 radical (unpaired) electrons. The molecule has 0 saturated carbocycles. The van der Waals surface area contributed by atoms with Crippen molar-refractivity contribution in [2.45, 2.75) is 26.7 Å². The fourth-order valence-corrected chi connectivity index (χ4v) is 1.51. The van der Waals surface area contributed by atoms with Crippen molar-refractivity contribution in [3.05, 3.63) is 34.9 Å². The summed E-state index contributed by atoms with van der Waals surface area (Å²) in [6.45, 7) is 3.93. The van der Waals surface area contributed by atoms with E-state index in [4.69, 9.17) is 5.11 Å². The van der Waals surface area contributed by atoms with Crippen LogP contribution in [0.1, 0.15) is 34.8 Å². The third kappa shape index (κ3) is 2.42. The first-order chi connectivity index (χ1) is 6.69. The molecule has 76 valence electrons. The van der Waals surface area contributed by atoms with Gasteiger partial charge in [0, 0.05) is 18.6 Å². The van der Waals surface area contributed by atoms with Gasteiger partial charge < -0.3 is 5.11 Å². The van der Waals surface area contributed by atoms with E-state index in [1.54, 1.807) is 0 Å². The summed E-state index contributed by atoms with van der Waals surface area (Å²) >= 11 is 0. The number of aliphatic hydroxyl groups is 1. The maximum atomic E-state index is 11.5. The summed E-state index contributed by atoms with van der Waals surface area (Å²) in [4.78, 5) is 11.5. The van der Waals surface area contributed by atoms with Gasteiger partial charge >= 0.3 is 0 Å². The van der Waals surface area contributed by atoms with E-state index in [1.807, 2.05) is 32.0 Å². The fraction of sp³-hybridized carbons (Fsp3) is 0.417. The number of carbonyl (C=O) groups excluding carboxylic acids is 1. The van der Waals surface area contributed by atoms with Crippen molar-refractivity contribution in [2.75, 3.05) is 6.61 Å². The summed E-state index contributed by atoms with van der Waals surface area (Å²) < 4.78 is 0. The Morgan fingerprint density at radius 2 is 2.14 bits per heavy atom. The molecule has 1 aromatic rings. The van der Waals surface area contributed by atoms with E-state index in [0.29, 0.717) is 12.8 Å². The SMILES string of the molecule is CCC(=O)c1ccc(C)cc1CCO. The molecule has 0 spiro atoms. The molecule has 0 saturated heterocycles. The summed E-state index contributed by atoms with van der Waals surface area (Å²) in [5.41, 5.74) is 2.84. The average molecular weight is 192 g/mol. The second-order valence-corrected chi connectivity index (χ2v) is 3.41. The zero-order valence-electron chi connectivity index (χ0n) is 8.71. The molecule has 0 fully saturated rings. The summed E-state index contributed by atoms with van der Waals surface area (Å²) in [6.07, 6.45) is 1.07. The molecule has 1 aromatic carbocycles. The molecule has 0 bridgehead atoms. The molecule has 2 nitrogen and oxygen atoms in total. The molecule has 2 heteroatoms. The number of hydrogen-bond acceptors (Lipinski definition) is 2. The Bertz CT molecular complexity index is 329. The zero-order chi connectivity index (χ0) is 10.6. The molecule has 0 amide bonds. The first-order valence-electron chi connectivity index (χ1n) is 4.92. The highest BCUT2D eigenvalue weighted by Gasteiger charge is 2.08. The van der Waals surface area contributed by atoms with Crippen LogP contribution < -0.4 is 0 Å². The van der Waals surface area contributed by atoms with Crippen LogP contribution in [0.3, 0.4) is 0 Å². The molecule has 0 aliphatic rings. The molecule has 14 heavy (non-hydrogen) atoms. The first-order valence-corrected chi connectivity index (χ1v) is 4.92. The fourth-order valence-electron chi connectivity index (χ4n) is 1.51. The minimum atomic E-state index is 0.0907. The van der Waals surface area contributed by atoms with Crippen LogP contribution in [0.4, 0.5) is 0 Å². The maximum Gasteiger partial charge on any atom is 0.162 e. The first kappa shape index (κ1) is 10.9. The molecule has 1 N–H and O–H groups in total. The highest BCUT2D eigenvalue weighted by Crippen LogP contribution is 2.14. The topological polar surface area (TPSA) is 37.3 Å². The normalized spacial score (nSPS) is 10.2. The monoisotopic (exact) mass is 192 g/mol. The number of rotatable bonds is 4. The molecule has 0 aliphatic carbocycles. The van der Waals surface area contributed by atoms with Gasteiger partial charge in [0.25, 0.3) is 0 Å². The summed E-state index contributed by atoms with van der Waals surface area (Å²) in [5.74, 6) is 0.147. The summed E-state index contributed by atoms with van der Waals surface area (Å²) in [5, 5.41) is 8.88. The van der Waals surface area contributed by atoms with Gasteiger partial charge in [0.2, 0.25) is 0 Å². The molecule has 0 aromatic heterocycles. The van der Waals surface area contributed by atoms with Gasteiger partial charge in [-0.05, 0) is 18.9 Å². The quantitative estimate of drug-likeness (QED) is 0.742. The maximum absolute atomic E-state index is 11.5. The highest BCUT2D eigenvalue weighted by atomic mass is 16.3. The van der Waals surface area contributed by atoms with Crippen LogP contribution in [0.2, 0.25) is 0 Å². The van der Waals surface area contributed by atoms with Crippen molar-refractivity contribution in [2.24, 2.45) is 0 Å². The van der Waals surface area contributed by atoms with Crippen LogP contribution in [0.5, 0.6) is 0 Å². The second-order valence-electron chi connectivity index (χ2n) is 3.41. The van der Waals surface area contributed by atoms with E-state index in [1.165, 1.54) is 0 Å². The van der Waals surface area contributed by atoms with Crippen LogP contribution in [-0.2, 0) is 6.42 Å². The number of aliphatic hydroxyl groups excluding tert-OH is 1. The van der Waals surface area contributed by atoms with Crippen LogP contribution >= 0.6 is 0 Å². The Kier molecular flexibility index (Phi) is 3.84. The smallest absolute Gasteiger partial charge is 0.162 e. The molecule has 1 rings (SSSR count). The molecule has 0 aliphatic heterocycles. The predicted octanol–water partition coefficient (Wildman–Crippen LogP) is 2.12. The van der Waals surface area contributed by atoms with Crippen molar-refractivity contribution >= 4 is 5.78 Å². The predicted molar refractivity (Wildman–Crippen MR) is 56.6 cm³/mol. The minimum absolute atomic E-state index is 0.0907. The van der Waals surface area contributed by atoms with Gasteiger partial charge in [-0.15, -0.1) is 0 Å². The van der Waals surface area contributed by atoms with Crippen LogP contribution in [-0.4, -0.2) is 17.5 Å². The Morgan fingerprint density at radius 1 is 1.43 bits per heavy atom. The van der Waals surface area contributed by atoms with Gasteiger partial charge in [-0.1, -0.05) is 30.7 Å². The number of Topliss-reactive ketones (excluding diaryl/α,β-unsaturated/α-hetero) is 1. The minimum Gasteiger partial charge on any atom is -0.396 e. The van der Waals surface area contributed by atoms with E-state index in [9.17, 15) is 4.79 Å². The second kappa shape index (κ2) is 4.91. The van der Waals surface area contributed by atoms with E-state index < -0.39 is 0 Å². The van der Waals surface area contributed by atoms with Gasteiger partial charge in [0.1, 0.15) is 0 Å². The lowest BCUT2D eigenvalue weighted by molar-refractivity contribution is 0.0987. The van der Waals surface area contributed by atoms with Crippen molar-refractivity contribution in [3.63, 3.8) is 0 Å². The molecule has 0 unspecified atom stereocenters. The third-order valence-corrected chi connectivity index (χ3v) is 2.26. The van der Waals surface area contributed by atoms with Gasteiger partial charge in [-0.2, -0.15) is 0 Å².